The molecule has 27 heavy (non-hydrogen) atoms. The van der Waals surface area contributed by atoms with Gasteiger partial charge in [-0.1, -0.05) is 18.2 Å². The molecule has 3 aromatic rings. The van der Waals surface area contributed by atoms with Crippen molar-refractivity contribution in [2.24, 2.45) is 0 Å². The van der Waals surface area contributed by atoms with Crippen LogP contribution < -0.4 is 9.64 Å². The molecule has 0 aliphatic carbocycles. The molecule has 5 heteroatoms. The van der Waals surface area contributed by atoms with Crippen LogP contribution in [0.15, 0.2) is 46.9 Å². The second-order valence-electron chi connectivity index (χ2n) is 6.98. The van der Waals surface area contributed by atoms with Gasteiger partial charge >= 0.3 is 0 Å². The van der Waals surface area contributed by atoms with Gasteiger partial charge in [0.2, 0.25) is 0 Å². The molecule has 1 amide bonds. The summed E-state index contributed by atoms with van der Waals surface area (Å²) in [5.74, 6) is 1.16. The van der Waals surface area contributed by atoms with Gasteiger partial charge in [-0.3, -0.25) is 4.79 Å². The molecule has 140 valence electrons. The number of carbonyl (C=O) groups is 1. The first-order valence-electron chi connectivity index (χ1n) is 9.25. The highest BCUT2D eigenvalue weighted by atomic mass is 16.5. The lowest BCUT2D eigenvalue weighted by atomic mass is 10.1. The fraction of sp³-hybridized carbons (Fsp3) is 0.318. The fourth-order valence-corrected chi connectivity index (χ4v) is 3.74. The third-order valence-electron chi connectivity index (χ3n) is 5.36. The van der Waals surface area contributed by atoms with Crippen LogP contribution >= 0.6 is 0 Å². The van der Waals surface area contributed by atoms with Gasteiger partial charge in [0.15, 0.2) is 5.76 Å². The predicted molar refractivity (Wildman–Crippen MR) is 107 cm³/mol. The van der Waals surface area contributed by atoms with E-state index in [1.165, 1.54) is 11.3 Å². The Balaban J connectivity index is 1.52. The molecule has 2 heterocycles. The molecule has 1 aromatic heterocycles. The molecule has 0 N–H and O–H groups in total. The topological polar surface area (TPSA) is 45.9 Å². The lowest BCUT2D eigenvalue weighted by Crippen LogP contribution is -2.49. The maximum atomic E-state index is 13.0. The van der Waals surface area contributed by atoms with Crippen molar-refractivity contribution >= 4 is 22.6 Å². The van der Waals surface area contributed by atoms with Gasteiger partial charge in [0, 0.05) is 42.8 Å². The van der Waals surface area contributed by atoms with E-state index in [1.54, 1.807) is 7.11 Å². The molecule has 0 radical (unpaired) electrons. The number of methoxy groups -OCH3 is 1. The predicted octanol–water partition coefficient (Wildman–Crippen LogP) is 4.02. The highest BCUT2D eigenvalue weighted by Crippen LogP contribution is 2.30. The molecule has 1 saturated heterocycles. The van der Waals surface area contributed by atoms with Gasteiger partial charge in [-0.05, 0) is 43.7 Å². The van der Waals surface area contributed by atoms with Gasteiger partial charge in [-0.25, -0.2) is 0 Å². The minimum absolute atomic E-state index is 0.0351. The Kier molecular flexibility index (Phi) is 4.52. The van der Waals surface area contributed by atoms with Crippen LogP contribution in [0.1, 0.15) is 21.7 Å². The van der Waals surface area contributed by atoms with E-state index in [2.05, 4.69) is 36.1 Å². The van der Waals surface area contributed by atoms with E-state index in [0.717, 1.165) is 35.4 Å². The van der Waals surface area contributed by atoms with E-state index in [1.807, 2.05) is 30.0 Å². The molecule has 4 rings (SSSR count). The van der Waals surface area contributed by atoms with Crippen LogP contribution in [0.2, 0.25) is 0 Å². The summed E-state index contributed by atoms with van der Waals surface area (Å²) in [6.45, 7) is 7.08. The van der Waals surface area contributed by atoms with Gasteiger partial charge in [0.25, 0.3) is 5.91 Å². The molecule has 0 atom stereocenters. The van der Waals surface area contributed by atoms with Crippen LogP contribution in [0.4, 0.5) is 5.69 Å². The lowest BCUT2D eigenvalue weighted by Gasteiger charge is -2.36. The molecular formula is C22H24N2O3. The monoisotopic (exact) mass is 364 g/mol. The van der Waals surface area contributed by atoms with E-state index in [0.29, 0.717) is 18.8 Å². The fourth-order valence-electron chi connectivity index (χ4n) is 3.74. The number of hydrogen-bond donors (Lipinski definition) is 0. The maximum absolute atomic E-state index is 13.0. The Bertz CT molecular complexity index is 984. The lowest BCUT2D eigenvalue weighted by molar-refractivity contribution is 0.0716. The maximum Gasteiger partial charge on any atom is 0.290 e. The third kappa shape index (κ3) is 3.14. The van der Waals surface area contributed by atoms with Gasteiger partial charge in [0.05, 0.1) is 7.11 Å². The van der Waals surface area contributed by atoms with Crippen molar-refractivity contribution in [2.45, 2.75) is 13.8 Å². The number of para-hydroxylation sites is 1. The summed E-state index contributed by atoms with van der Waals surface area (Å²) in [7, 11) is 1.64. The van der Waals surface area contributed by atoms with Crippen LogP contribution in [0.3, 0.4) is 0 Å². The van der Waals surface area contributed by atoms with Gasteiger partial charge in [-0.2, -0.15) is 0 Å². The molecular weight excluding hydrogens is 340 g/mol. The zero-order valence-electron chi connectivity index (χ0n) is 16.0. The van der Waals surface area contributed by atoms with Crippen molar-refractivity contribution < 1.29 is 13.9 Å². The SMILES string of the molecule is COc1ccc2oc(C(=O)N3CCN(c4ccccc4C)CC3)c(C)c2c1. The van der Waals surface area contributed by atoms with Crippen LogP contribution in [-0.2, 0) is 0 Å². The largest absolute Gasteiger partial charge is 0.497 e. The van der Waals surface area contributed by atoms with Crippen LogP contribution in [-0.4, -0.2) is 44.1 Å². The zero-order chi connectivity index (χ0) is 19.0. The number of piperazine rings is 1. The van der Waals surface area contributed by atoms with E-state index in [-0.39, 0.29) is 5.91 Å². The number of furan rings is 1. The Hall–Kier alpha value is -2.95. The van der Waals surface area contributed by atoms with Crippen LogP contribution in [0.25, 0.3) is 11.0 Å². The molecule has 1 fully saturated rings. The third-order valence-corrected chi connectivity index (χ3v) is 5.36. The number of aryl methyl sites for hydroxylation is 2. The van der Waals surface area contributed by atoms with Crippen molar-refractivity contribution in [3.05, 3.63) is 59.4 Å². The van der Waals surface area contributed by atoms with Gasteiger partial charge in [-0.15, -0.1) is 0 Å². The van der Waals surface area contributed by atoms with Crippen molar-refractivity contribution in [3.8, 4) is 5.75 Å². The average Bonchev–Trinajstić information content (AvgIpc) is 3.04. The number of nitrogens with zero attached hydrogens (tertiary/aromatic N) is 2. The molecule has 0 saturated carbocycles. The Morgan fingerprint density at radius 2 is 1.78 bits per heavy atom. The minimum Gasteiger partial charge on any atom is -0.497 e. The number of fused-ring (bicyclic) bond motifs is 1. The number of carbonyl (C=O) groups excluding carboxylic acids is 1. The van der Waals surface area contributed by atoms with Gasteiger partial charge < -0.3 is 19.0 Å². The second-order valence-corrected chi connectivity index (χ2v) is 6.98. The molecule has 0 unspecified atom stereocenters. The van der Waals surface area contributed by atoms with E-state index < -0.39 is 0 Å². The summed E-state index contributed by atoms with van der Waals surface area (Å²) in [6.07, 6.45) is 0. The number of amides is 1. The second kappa shape index (κ2) is 6.99. The molecule has 1 aliphatic heterocycles. The molecule has 0 bridgehead atoms. The van der Waals surface area contributed by atoms with Crippen molar-refractivity contribution in [3.63, 3.8) is 0 Å². The Morgan fingerprint density at radius 1 is 1.04 bits per heavy atom. The van der Waals surface area contributed by atoms with Crippen molar-refractivity contribution in [1.29, 1.82) is 0 Å². The van der Waals surface area contributed by atoms with Crippen LogP contribution in [0, 0.1) is 13.8 Å². The summed E-state index contributed by atoms with van der Waals surface area (Å²) in [5.41, 5.74) is 4.10. The van der Waals surface area contributed by atoms with E-state index in [4.69, 9.17) is 9.15 Å². The number of hydrogen-bond acceptors (Lipinski definition) is 4. The van der Waals surface area contributed by atoms with E-state index >= 15 is 0 Å². The quantitative estimate of drug-likeness (QED) is 0.704. The summed E-state index contributed by atoms with van der Waals surface area (Å²) in [4.78, 5) is 17.3. The number of benzene rings is 2. The standard InChI is InChI=1S/C22H24N2O3/c1-15-6-4-5-7-19(15)23-10-12-24(13-11-23)22(25)21-16(2)18-14-17(26-3)8-9-20(18)27-21/h4-9,14H,10-13H2,1-3H3. The summed E-state index contributed by atoms with van der Waals surface area (Å²) >= 11 is 0. The number of ether oxygens (including phenoxy) is 1. The Labute approximate surface area is 159 Å². The van der Waals surface area contributed by atoms with E-state index in [9.17, 15) is 4.79 Å². The first kappa shape index (κ1) is 17.5. The zero-order valence-corrected chi connectivity index (χ0v) is 16.0. The van der Waals surface area contributed by atoms with Crippen molar-refractivity contribution in [2.75, 3.05) is 38.2 Å². The summed E-state index contributed by atoms with van der Waals surface area (Å²) < 4.78 is 11.2. The van der Waals surface area contributed by atoms with Gasteiger partial charge in [0.1, 0.15) is 11.3 Å². The molecule has 1 aliphatic rings. The number of rotatable bonds is 3. The highest BCUT2D eigenvalue weighted by molar-refractivity contribution is 5.99. The number of anilines is 1. The first-order chi connectivity index (χ1) is 13.1. The highest BCUT2D eigenvalue weighted by Gasteiger charge is 2.27. The molecule has 2 aromatic carbocycles. The van der Waals surface area contributed by atoms with Crippen molar-refractivity contribution in [1.82, 2.24) is 4.90 Å². The smallest absolute Gasteiger partial charge is 0.290 e. The molecule has 0 spiro atoms. The Morgan fingerprint density at radius 3 is 2.48 bits per heavy atom. The summed E-state index contributed by atoms with van der Waals surface area (Å²) in [6, 6.07) is 14.0. The molecule has 5 nitrogen and oxygen atoms in total. The minimum atomic E-state index is -0.0351. The first-order valence-corrected chi connectivity index (χ1v) is 9.25. The normalized spacial score (nSPS) is 14.6. The average molecular weight is 364 g/mol. The van der Waals surface area contributed by atoms with Crippen LogP contribution in [0.5, 0.6) is 5.75 Å². The summed E-state index contributed by atoms with van der Waals surface area (Å²) in [5, 5.41) is 0.927.